The van der Waals surface area contributed by atoms with E-state index >= 15 is 0 Å². The molecular weight excluding hydrogens is 341 g/mol. The van der Waals surface area contributed by atoms with Crippen molar-refractivity contribution in [1.82, 2.24) is 9.97 Å². The van der Waals surface area contributed by atoms with E-state index in [9.17, 15) is 13.2 Å². The average Bonchev–Trinajstić information content (AvgIpc) is 2.54. The molecule has 1 heterocycles. The molecule has 3 rings (SSSR count). The van der Waals surface area contributed by atoms with Gasteiger partial charge >= 0.3 is 6.18 Å². The van der Waals surface area contributed by atoms with E-state index in [1.807, 2.05) is 38.1 Å². The first-order valence-electron chi connectivity index (χ1n) is 7.93. The molecule has 0 fully saturated rings. The lowest BCUT2D eigenvalue weighted by Crippen LogP contribution is -2.05. The summed E-state index contributed by atoms with van der Waals surface area (Å²) in [6.07, 6.45) is -4.35. The highest BCUT2D eigenvalue weighted by Crippen LogP contribution is 2.30. The van der Waals surface area contributed by atoms with Crippen LogP contribution in [-0.4, -0.2) is 9.97 Å². The fourth-order valence-corrected chi connectivity index (χ4v) is 2.43. The summed E-state index contributed by atoms with van der Waals surface area (Å²) in [5.41, 5.74) is 2.51. The second-order valence-corrected chi connectivity index (χ2v) is 5.91. The minimum absolute atomic E-state index is 0.407. The highest BCUT2D eigenvalue weighted by atomic mass is 19.4. The molecule has 2 aromatic carbocycles. The number of aromatic nitrogens is 2. The number of aryl methyl sites for hydroxylation is 2. The SMILES string of the molecule is Cc1cccc(Nc2nc(C)cc(Nc3ccc(C(F)(F)F)cc3)n2)c1. The van der Waals surface area contributed by atoms with Gasteiger partial charge in [0.05, 0.1) is 5.56 Å². The summed E-state index contributed by atoms with van der Waals surface area (Å²) in [4.78, 5) is 8.71. The molecule has 0 amide bonds. The zero-order valence-corrected chi connectivity index (χ0v) is 14.2. The molecule has 0 unspecified atom stereocenters. The molecule has 0 saturated carbocycles. The van der Waals surface area contributed by atoms with Crippen molar-refractivity contribution in [3.8, 4) is 0 Å². The maximum Gasteiger partial charge on any atom is 0.416 e. The van der Waals surface area contributed by atoms with Gasteiger partial charge in [-0.3, -0.25) is 0 Å². The zero-order valence-electron chi connectivity index (χ0n) is 14.2. The van der Waals surface area contributed by atoms with E-state index in [0.29, 0.717) is 17.5 Å². The summed E-state index contributed by atoms with van der Waals surface area (Å²) >= 11 is 0. The van der Waals surface area contributed by atoms with Crippen molar-refractivity contribution in [2.24, 2.45) is 0 Å². The first-order chi connectivity index (χ1) is 12.3. The fourth-order valence-electron chi connectivity index (χ4n) is 2.43. The van der Waals surface area contributed by atoms with E-state index in [4.69, 9.17) is 0 Å². The Labute approximate surface area is 149 Å². The lowest BCUT2D eigenvalue weighted by atomic mass is 10.2. The van der Waals surface area contributed by atoms with E-state index in [1.165, 1.54) is 12.1 Å². The third-order valence-corrected chi connectivity index (χ3v) is 3.61. The second-order valence-electron chi connectivity index (χ2n) is 5.91. The van der Waals surface area contributed by atoms with Crippen molar-refractivity contribution in [2.45, 2.75) is 20.0 Å². The molecular formula is C19H17F3N4. The van der Waals surface area contributed by atoms with Crippen LogP contribution in [0.1, 0.15) is 16.8 Å². The van der Waals surface area contributed by atoms with Gasteiger partial charge in [-0.1, -0.05) is 12.1 Å². The predicted octanol–water partition coefficient (Wildman–Crippen LogP) is 5.60. The molecule has 0 radical (unpaired) electrons. The maximum atomic E-state index is 12.6. The summed E-state index contributed by atoms with van der Waals surface area (Å²) in [6.45, 7) is 3.81. The Balaban J connectivity index is 1.79. The van der Waals surface area contributed by atoms with Gasteiger partial charge in [-0.15, -0.1) is 0 Å². The van der Waals surface area contributed by atoms with Gasteiger partial charge in [-0.2, -0.15) is 18.2 Å². The quantitative estimate of drug-likeness (QED) is 0.637. The predicted molar refractivity (Wildman–Crippen MR) is 96.0 cm³/mol. The lowest BCUT2D eigenvalue weighted by molar-refractivity contribution is -0.137. The number of alkyl halides is 3. The second kappa shape index (κ2) is 7.03. The molecule has 0 aliphatic rings. The minimum atomic E-state index is -4.35. The van der Waals surface area contributed by atoms with Gasteiger partial charge in [-0.05, 0) is 55.8 Å². The van der Waals surface area contributed by atoms with Gasteiger partial charge in [0.25, 0.3) is 0 Å². The summed E-state index contributed by atoms with van der Waals surface area (Å²) in [6, 6.07) is 14.3. The molecule has 7 heteroatoms. The minimum Gasteiger partial charge on any atom is -0.340 e. The molecule has 0 aliphatic carbocycles. The van der Waals surface area contributed by atoms with E-state index in [1.54, 1.807) is 6.07 Å². The average molecular weight is 358 g/mol. The highest BCUT2D eigenvalue weighted by molar-refractivity contribution is 5.60. The van der Waals surface area contributed by atoms with Gasteiger partial charge in [0.2, 0.25) is 5.95 Å². The molecule has 0 bridgehead atoms. The number of halogens is 3. The van der Waals surface area contributed by atoms with Gasteiger partial charge in [-0.25, -0.2) is 4.98 Å². The topological polar surface area (TPSA) is 49.8 Å². The Morgan fingerprint density at radius 1 is 0.808 bits per heavy atom. The zero-order chi connectivity index (χ0) is 18.7. The van der Waals surface area contributed by atoms with Crippen LogP contribution in [0.2, 0.25) is 0 Å². The van der Waals surface area contributed by atoms with Crippen LogP contribution in [0.5, 0.6) is 0 Å². The number of nitrogens with zero attached hydrogens (tertiary/aromatic N) is 2. The molecule has 3 aromatic rings. The van der Waals surface area contributed by atoms with Crippen LogP contribution in [0.3, 0.4) is 0 Å². The van der Waals surface area contributed by atoms with Crippen LogP contribution in [-0.2, 0) is 6.18 Å². The molecule has 0 spiro atoms. The van der Waals surface area contributed by atoms with Gasteiger partial charge in [0.15, 0.2) is 0 Å². The van der Waals surface area contributed by atoms with E-state index in [-0.39, 0.29) is 0 Å². The third-order valence-electron chi connectivity index (χ3n) is 3.61. The normalized spacial score (nSPS) is 11.3. The third kappa shape index (κ3) is 4.50. The number of benzene rings is 2. The van der Waals surface area contributed by atoms with Crippen molar-refractivity contribution >= 4 is 23.1 Å². The van der Waals surface area contributed by atoms with Crippen LogP contribution in [0, 0.1) is 13.8 Å². The molecule has 0 atom stereocenters. The Morgan fingerprint density at radius 3 is 2.19 bits per heavy atom. The van der Waals surface area contributed by atoms with E-state index < -0.39 is 11.7 Å². The van der Waals surface area contributed by atoms with Crippen molar-refractivity contribution in [3.05, 3.63) is 71.4 Å². The Hall–Kier alpha value is -3.09. The molecule has 4 nitrogen and oxygen atoms in total. The number of hydrogen-bond donors (Lipinski definition) is 2. The van der Waals surface area contributed by atoms with E-state index in [0.717, 1.165) is 29.1 Å². The molecule has 1 aromatic heterocycles. The van der Waals surface area contributed by atoms with Crippen molar-refractivity contribution in [1.29, 1.82) is 0 Å². The lowest BCUT2D eigenvalue weighted by Gasteiger charge is -2.11. The maximum absolute atomic E-state index is 12.6. The summed E-state index contributed by atoms with van der Waals surface area (Å²) in [5, 5.41) is 6.13. The first kappa shape index (κ1) is 17.7. The summed E-state index contributed by atoms with van der Waals surface area (Å²) < 4.78 is 37.9. The van der Waals surface area contributed by atoms with Crippen LogP contribution in [0.4, 0.5) is 36.3 Å². The standard InChI is InChI=1S/C19H17F3N4/c1-12-4-3-5-16(10-12)25-18-23-13(2)11-17(26-18)24-15-8-6-14(7-9-15)19(20,21)22/h3-11H,1-2H3,(H2,23,24,25,26). The summed E-state index contributed by atoms with van der Waals surface area (Å²) in [7, 11) is 0. The Kier molecular flexibility index (Phi) is 4.79. The van der Waals surface area contributed by atoms with E-state index in [2.05, 4.69) is 20.6 Å². The number of hydrogen-bond acceptors (Lipinski definition) is 4. The van der Waals surface area contributed by atoms with Gasteiger partial charge in [0, 0.05) is 23.1 Å². The Bertz CT molecular complexity index is 905. The molecule has 0 saturated heterocycles. The van der Waals surface area contributed by atoms with Crippen LogP contribution in [0.25, 0.3) is 0 Å². The van der Waals surface area contributed by atoms with Gasteiger partial charge < -0.3 is 10.6 Å². The summed E-state index contributed by atoms with van der Waals surface area (Å²) in [5.74, 6) is 0.900. The number of nitrogens with one attached hydrogen (secondary N) is 2. The fraction of sp³-hybridized carbons (Fsp3) is 0.158. The molecule has 2 N–H and O–H groups in total. The van der Waals surface area contributed by atoms with Crippen LogP contribution in [0.15, 0.2) is 54.6 Å². The van der Waals surface area contributed by atoms with Crippen molar-refractivity contribution < 1.29 is 13.2 Å². The monoisotopic (exact) mass is 358 g/mol. The van der Waals surface area contributed by atoms with Crippen LogP contribution < -0.4 is 10.6 Å². The van der Waals surface area contributed by atoms with Crippen molar-refractivity contribution in [2.75, 3.05) is 10.6 Å². The number of anilines is 4. The number of rotatable bonds is 4. The van der Waals surface area contributed by atoms with Crippen molar-refractivity contribution in [3.63, 3.8) is 0 Å². The Morgan fingerprint density at radius 2 is 1.54 bits per heavy atom. The van der Waals surface area contributed by atoms with Gasteiger partial charge in [0.1, 0.15) is 5.82 Å². The molecule has 26 heavy (non-hydrogen) atoms. The molecule has 0 aliphatic heterocycles. The highest BCUT2D eigenvalue weighted by Gasteiger charge is 2.29. The first-order valence-corrected chi connectivity index (χ1v) is 7.93. The van der Waals surface area contributed by atoms with Crippen LogP contribution >= 0.6 is 0 Å². The largest absolute Gasteiger partial charge is 0.416 e. The molecule has 134 valence electrons. The smallest absolute Gasteiger partial charge is 0.340 e.